The van der Waals surface area contributed by atoms with Gasteiger partial charge in [0.2, 0.25) is 0 Å². The first-order valence-electron chi connectivity index (χ1n) is 9.35. The Bertz CT molecular complexity index is 587. The molecule has 5 heteroatoms. The van der Waals surface area contributed by atoms with E-state index in [1.165, 1.54) is 0 Å². The van der Waals surface area contributed by atoms with Crippen LogP contribution in [0.4, 0.5) is 0 Å². The molecule has 1 heterocycles. The molecule has 5 atom stereocenters. The van der Waals surface area contributed by atoms with Crippen LogP contribution < -0.4 is 4.74 Å². The van der Waals surface area contributed by atoms with E-state index in [0.29, 0.717) is 31.8 Å². The van der Waals surface area contributed by atoms with Crippen LogP contribution in [0.25, 0.3) is 0 Å². The minimum Gasteiger partial charge on any atom is -0.483 e. The van der Waals surface area contributed by atoms with Gasteiger partial charge in [0.05, 0.1) is 12.2 Å². The highest BCUT2D eigenvalue weighted by atomic mass is 16.5. The topological polar surface area (TPSA) is 70.0 Å². The second kappa shape index (κ2) is 7.75. The number of ether oxygens (including phenoxy) is 1. The number of amides is 1. The van der Waals surface area contributed by atoms with Crippen LogP contribution in [0.15, 0.2) is 24.3 Å². The molecule has 0 spiro atoms. The second-order valence-corrected chi connectivity index (χ2v) is 7.56. The summed E-state index contributed by atoms with van der Waals surface area (Å²) in [6.07, 6.45) is 0.861. The molecule has 1 aliphatic heterocycles. The molecule has 2 N–H and O–H groups in total. The fourth-order valence-electron chi connectivity index (χ4n) is 4.08. The lowest BCUT2D eigenvalue weighted by Crippen LogP contribution is -2.38. The number of hydrogen-bond donors (Lipinski definition) is 2. The highest BCUT2D eigenvalue weighted by molar-refractivity contribution is 5.78. The van der Waals surface area contributed by atoms with Gasteiger partial charge in [-0.25, -0.2) is 0 Å². The first kappa shape index (κ1) is 18.2. The number of aliphatic hydroxyl groups excluding tert-OH is 2. The predicted molar refractivity (Wildman–Crippen MR) is 95.5 cm³/mol. The Morgan fingerprint density at radius 2 is 1.80 bits per heavy atom. The Morgan fingerprint density at radius 1 is 1.20 bits per heavy atom. The third-order valence-electron chi connectivity index (χ3n) is 5.88. The molecular weight excluding hydrogens is 318 g/mol. The summed E-state index contributed by atoms with van der Waals surface area (Å²) in [5.74, 6) is 1.73. The minimum atomic E-state index is -0.657. The number of carbonyl (C=O) groups excluding carboxylic acids is 1. The molecule has 0 unspecified atom stereocenters. The number of carbonyl (C=O) groups is 1. The number of para-hydroxylation sites is 1. The van der Waals surface area contributed by atoms with Crippen molar-refractivity contribution in [2.45, 2.75) is 51.2 Å². The zero-order chi connectivity index (χ0) is 18.0. The molecule has 0 bridgehead atoms. The summed E-state index contributed by atoms with van der Waals surface area (Å²) in [5, 5.41) is 19.7. The van der Waals surface area contributed by atoms with Crippen molar-refractivity contribution in [2.24, 2.45) is 11.8 Å². The summed E-state index contributed by atoms with van der Waals surface area (Å²) in [6.45, 7) is 5.65. The Labute approximate surface area is 149 Å². The van der Waals surface area contributed by atoms with Gasteiger partial charge in [-0.15, -0.1) is 0 Å². The van der Waals surface area contributed by atoms with E-state index in [1.807, 2.05) is 23.1 Å². The zero-order valence-corrected chi connectivity index (χ0v) is 15.1. The van der Waals surface area contributed by atoms with Gasteiger partial charge in [0.25, 0.3) is 5.91 Å². The largest absolute Gasteiger partial charge is 0.483 e. The highest BCUT2D eigenvalue weighted by Gasteiger charge is 2.42. The maximum atomic E-state index is 12.6. The summed E-state index contributed by atoms with van der Waals surface area (Å²) in [7, 11) is 0. The van der Waals surface area contributed by atoms with Gasteiger partial charge in [0, 0.05) is 13.1 Å². The van der Waals surface area contributed by atoms with Crippen molar-refractivity contribution < 1.29 is 19.7 Å². The van der Waals surface area contributed by atoms with Crippen LogP contribution in [0.1, 0.15) is 44.6 Å². The molecule has 138 valence electrons. The molecule has 25 heavy (non-hydrogen) atoms. The van der Waals surface area contributed by atoms with Crippen molar-refractivity contribution in [3.05, 3.63) is 29.8 Å². The highest BCUT2D eigenvalue weighted by Crippen LogP contribution is 2.36. The number of rotatable bonds is 5. The smallest absolute Gasteiger partial charge is 0.260 e. The molecule has 2 fully saturated rings. The number of hydrogen-bond acceptors (Lipinski definition) is 4. The fraction of sp³-hybridized carbons (Fsp3) is 0.650. The quantitative estimate of drug-likeness (QED) is 0.856. The first-order chi connectivity index (χ1) is 12.0. The van der Waals surface area contributed by atoms with Crippen molar-refractivity contribution in [3.8, 4) is 5.75 Å². The van der Waals surface area contributed by atoms with Gasteiger partial charge in [-0.3, -0.25) is 4.79 Å². The van der Waals surface area contributed by atoms with Crippen LogP contribution in [0.3, 0.4) is 0 Å². The van der Waals surface area contributed by atoms with E-state index in [-0.39, 0.29) is 24.3 Å². The molecule has 3 rings (SSSR count). The summed E-state index contributed by atoms with van der Waals surface area (Å²) in [5.41, 5.74) is 1.14. The molecule has 2 aliphatic rings. The van der Waals surface area contributed by atoms with Crippen molar-refractivity contribution >= 4 is 5.91 Å². The van der Waals surface area contributed by atoms with Crippen LogP contribution in [0, 0.1) is 11.8 Å². The monoisotopic (exact) mass is 347 g/mol. The average Bonchev–Trinajstić information content (AvgIpc) is 3.02. The number of fused-ring (bicyclic) bond motifs is 1. The van der Waals surface area contributed by atoms with E-state index in [1.54, 1.807) is 0 Å². The normalized spacial score (nSPS) is 30.0. The molecular formula is C20H29NO4. The maximum absolute atomic E-state index is 12.6. The minimum absolute atomic E-state index is 0.0164. The van der Waals surface area contributed by atoms with Crippen molar-refractivity contribution in [1.29, 1.82) is 0 Å². The number of likely N-dealkylation sites (tertiary alicyclic amines) is 1. The van der Waals surface area contributed by atoms with Crippen molar-refractivity contribution in [1.82, 2.24) is 4.90 Å². The maximum Gasteiger partial charge on any atom is 0.260 e. The third kappa shape index (κ3) is 3.98. The van der Waals surface area contributed by atoms with Gasteiger partial charge in [0.1, 0.15) is 5.75 Å². The van der Waals surface area contributed by atoms with E-state index in [9.17, 15) is 15.0 Å². The molecule has 1 aromatic carbocycles. The lowest BCUT2D eigenvalue weighted by Gasteiger charge is -2.31. The van der Waals surface area contributed by atoms with E-state index in [2.05, 4.69) is 19.9 Å². The SMILES string of the molecule is CC[C@H](C)c1ccccc1OCC(=O)N1C[C@H]2C[C@H](O)[C@H](O)C[C@H]2C1. The number of benzene rings is 1. The molecule has 0 aromatic heterocycles. The van der Waals surface area contributed by atoms with Crippen LogP contribution in [-0.4, -0.2) is 52.9 Å². The Hall–Kier alpha value is -1.59. The van der Waals surface area contributed by atoms with E-state index in [0.717, 1.165) is 17.7 Å². The van der Waals surface area contributed by atoms with E-state index >= 15 is 0 Å². The number of aliphatic hydroxyl groups is 2. The van der Waals surface area contributed by atoms with Gasteiger partial charge < -0.3 is 19.8 Å². The summed E-state index contributed by atoms with van der Waals surface area (Å²) < 4.78 is 5.84. The molecule has 1 saturated carbocycles. The van der Waals surface area contributed by atoms with Crippen LogP contribution >= 0.6 is 0 Å². The van der Waals surface area contributed by atoms with Gasteiger partial charge in [0.15, 0.2) is 6.61 Å². The van der Waals surface area contributed by atoms with Crippen molar-refractivity contribution in [3.63, 3.8) is 0 Å². The Balaban J connectivity index is 1.57. The summed E-state index contributed by atoms with van der Waals surface area (Å²) in [4.78, 5) is 14.4. The molecule has 1 saturated heterocycles. The average molecular weight is 347 g/mol. The third-order valence-corrected chi connectivity index (χ3v) is 5.88. The van der Waals surface area contributed by atoms with Gasteiger partial charge in [-0.05, 0) is 48.6 Å². The van der Waals surface area contributed by atoms with Crippen LogP contribution in [0.5, 0.6) is 5.75 Å². The van der Waals surface area contributed by atoms with Crippen LogP contribution in [0.2, 0.25) is 0 Å². The number of nitrogens with zero attached hydrogens (tertiary/aromatic N) is 1. The molecule has 1 aliphatic carbocycles. The van der Waals surface area contributed by atoms with E-state index < -0.39 is 12.2 Å². The standard InChI is InChI=1S/C20H29NO4/c1-3-13(2)16-6-4-5-7-19(16)25-12-20(24)21-10-14-8-17(22)18(23)9-15(14)11-21/h4-7,13-15,17-18,22-23H,3,8-12H2,1-2H3/t13-,14-,15+,17+,18-/m0/s1. The molecule has 5 nitrogen and oxygen atoms in total. The molecule has 1 aromatic rings. The Kier molecular flexibility index (Phi) is 5.64. The Morgan fingerprint density at radius 3 is 2.40 bits per heavy atom. The lowest BCUT2D eigenvalue weighted by atomic mass is 9.79. The van der Waals surface area contributed by atoms with E-state index in [4.69, 9.17) is 4.74 Å². The van der Waals surface area contributed by atoms with Crippen molar-refractivity contribution in [2.75, 3.05) is 19.7 Å². The summed E-state index contributed by atoms with van der Waals surface area (Å²) >= 11 is 0. The summed E-state index contributed by atoms with van der Waals surface area (Å²) in [6, 6.07) is 7.91. The van der Waals surface area contributed by atoms with Gasteiger partial charge in [-0.2, -0.15) is 0 Å². The molecule has 1 amide bonds. The predicted octanol–water partition coefficient (Wildman–Crippen LogP) is 2.17. The first-order valence-corrected chi connectivity index (χ1v) is 9.35. The second-order valence-electron chi connectivity index (χ2n) is 7.56. The molecule has 0 radical (unpaired) electrons. The van der Waals surface area contributed by atoms with Crippen LogP contribution in [-0.2, 0) is 4.79 Å². The lowest BCUT2D eigenvalue weighted by molar-refractivity contribution is -0.132. The van der Waals surface area contributed by atoms with Gasteiger partial charge in [-0.1, -0.05) is 32.0 Å². The zero-order valence-electron chi connectivity index (χ0n) is 15.1. The fourth-order valence-corrected chi connectivity index (χ4v) is 4.08. The van der Waals surface area contributed by atoms with Gasteiger partial charge >= 0.3 is 0 Å².